The van der Waals surface area contributed by atoms with E-state index in [-0.39, 0.29) is 105 Å². The molecule has 8 atom stereocenters. The lowest BCUT2D eigenvalue weighted by molar-refractivity contribution is -0.124. The van der Waals surface area contributed by atoms with Crippen LogP contribution in [0.4, 0.5) is 38.5 Å². The van der Waals surface area contributed by atoms with Gasteiger partial charge in [0.2, 0.25) is 23.6 Å². The van der Waals surface area contributed by atoms with Gasteiger partial charge >= 0.3 is 0 Å². The second kappa shape index (κ2) is 47.2. The van der Waals surface area contributed by atoms with E-state index in [2.05, 4.69) is 147 Å². The molecule has 6 heterocycles. The second-order valence-corrected chi connectivity index (χ2v) is 44.0. The number of morpholine rings is 1. The number of halogens is 1. The van der Waals surface area contributed by atoms with Gasteiger partial charge in [-0.25, -0.2) is 4.39 Å². The Morgan fingerprint density at radius 2 is 0.621 bits per heavy atom. The van der Waals surface area contributed by atoms with Gasteiger partial charge in [-0.05, 0) is 273 Å². The van der Waals surface area contributed by atoms with Crippen LogP contribution in [0.5, 0.6) is 0 Å². The van der Waals surface area contributed by atoms with E-state index in [9.17, 15) is 42.7 Å². The first-order chi connectivity index (χ1) is 69.8. The first kappa shape index (κ1) is 105. The molecule has 8 aliphatic rings. The summed E-state index contributed by atoms with van der Waals surface area (Å²) >= 11 is 0. The van der Waals surface area contributed by atoms with Crippen molar-refractivity contribution in [2.75, 3.05) is 96.6 Å². The molecule has 4 N–H and O–H groups in total. The monoisotopic (exact) mass is 1950 g/mol. The van der Waals surface area contributed by atoms with Crippen molar-refractivity contribution in [1.29, 1.82) is 0 Å². The molecule has 0 unspecified atom stereocenters. The highest BCUT2D eigenvalue weighted by Crippen LogP contribution is 2.47. The Kier molecular flexibility index (Phi) is 34.0. The van der Waals surface area contributed by atoms with Crippen LogP contribution >= 0.6 is 0 Å². The van der Waals surface area contributed by atoms with Crippen LogP contribution in [0.15, 0.2) is 273 Å². The minimum Gasteiger partial charge on any atom is -0.378 e. The van der Waals surface area contributed by atoms with Gasteiger partial charge < -0.3 is 55.4 Å². The Morgan fingerprint density at radius 3 is 1.03 bits per heavy atom. The average molecular weight is 1950 g/mol. The molecule has 19 nitrogen and oxygen atoms in total. The van der Waals surface area contributed by atoms with Gasteiger partial charge in [-0.2, -0.15) is 0 Å². The first-order valence-corrected chi connectivity index (χ1v) is 53.0. The van der Waals surface area contributed by atoms with Gasteiger partial charge in [0, 0.05) is 98.1 Å². The zero-order valence-electron chi connectivity index (χ0n) is 86.9. The fourth-order valence-electron chi connectivity index (χ4n) is 22.8. The molecule has 8 fully saturated rings. The van der Waals surface area contributed by atoms with E-state index in [4.69, 9.17) is 4.74 Å². The Morgan fingerprint density at radius 1 is 0.297 bits per heavy atom. The molecule has 6 aliphatic heterocycles. The fraction of sp³-hybridized carbons (Fsp3) is 0.408. The SMILES string of the molecule is CC(C)(C)c1cccc(NC(=O)[C@H]2CCCN(C(=O)c3ccccc3N3CCCC3)[C@H]2C2CCCC2)c1.CC(C)(C)c1cccc(NC(=O)[C@H]2CCCN(C(=O)c3ccccc3N3CCOCC3)[C@H]2c2ccccc2)c1.Cc1cccc(C)c1C(=O)N1CCC[C@H](C(=O)Nc2cccc(C3CC3)c2)[C@@H]1c1ccccc1.Cc1cccc(F)c1C(=O)N1CCC[C@H](C(=O)Nc2cccc(C(C)(C)C)c2)[C@@H]1c1ccccc1. The van der Waals surface area contributed by atoms with Gasteiger partial charge in [0.15, 0.2) is 0 Å². The molecule has 11 aromatic carbocycles. The van der Waals surface area contributed by atoms with Gasteiger partial charge in [-0.1, -0.05) is 269 Å². The summed E-state index contributed by atoms with van der Waals surface area (Å²) in [5.74, 6) is -1.24. The van der Waals surface area contributed by atoms with Crippen molar-refractivity contribution < 1.29 is 47.5 Å². The van der Waals surface area contributed by atoms with Gasteiger partial charge in [0.05, 0.1) is 71.7 Å². The molecular weight excluding hydrogens is 1800 g/mol. The molecule has 0 aromatic heterocycles. The Bertz CT molecular complexity index is 6310. The molecule has 11 aromatic rings. The minimum atomic E-state index is -0.535. The molecular formula is C125H147FN10O9. The molecule has 20 heteroatoms. The number of anilines is 6. The Hall–Kier alpha value is -13.3. The number of carbonyl (C=O) groups excluding carboxylic acids is 8. The van der Waals surface area contributed by atoms with E-state index < -0.39 is 17.8 Å². The molecule has 6 saturated heterocycles. The summed E-state index contributed by atoms with van der Waals surface area (Å²) in [6.07, 6.45) is 15.5. The summed E-state index contributed by atoms with van der Waals surface area (Å²) in [6, 6.07) is 87.4. The molecule has 145 heavy (non-hydrogen) atoms. The Labute approximate surface area is 858 Å². The highest BCUT2D eigenvalue weighted by Gasteiger charge is 2.48. The average Bonchev–Trinajstić information content (AvgIpc) is 1.75. The number of para-hydroxylation sites is 2. The minimum absolute atomic E-state index is 0.0117. The van der Waals surface area contributed by atoms with Crippen LogP contribution in [0.2, 0.25) is 0 Å². The van der Waals surface area contributed by atoms with E-state index >= 15 is 0 Å². The number of hydrogen-bond acceptors (Lipinski definition) is 11. The number of amides is 8. The number of benzene rings is 11. The van der Waals surface area contributed by atoms with Crippen LogP contribution in [-0.4, -0.2) is 138 Å². The van der Waals surface area contributed by atoms with E-state index in [1.165, 1.54) is 61.3 Å². The zero-order chi connectivity index (χ0) is 102. The fourth-order valence-corrected chi connectivity index (χ4v) is 22.8. The standard InChI is InChI=1S/C33H39N3O3.C32H43N3O2.C30H33FN2O2.C30H32N2O2/c1-33(2,3)25-13-9-14-26(23-25)34-31(37)28-16-10-18-36(30(28)24-11-5-4-6-12-24)32(38)27-15-7-8-17-29(27)35-19-21-39-22-20-35;1-32(2,3)24-14-10-15-25(22-24)33-30(36)27-17-11-21-35(29(27)23-12-4-5-13-23)31(37)26-16-6-7-18-28(26)34-19-8-9-20-34;1-20-11-8-17-25(31)26(20)29(35)33-18-10-16-24(27(33)21-12-6-5-7-13-21)28(34)32-23-15-9-14-22(19-23)30(2,3)4;1-20-9-6-10-21(2)27(20)30(34)32-18-8-15-26(28(32)23-11-4-3-5-12-23)29(33)31-25-14-7-13-24(19-25)22-16-17-22/h4-9,11-15,17,23,28,30H,10,16,18-22H2,1-3H3,(H,34,37);6-7,10,14-16,18,22-23,27,29H,4-5,8-9,11-13,17,19-21H2,1-3H3,(H,33,36);5-9,11-15,17,19,24,27H,10,16,18H2,1-4H3,(H,32,34);3-7,9-14,19,22,26,28H,8,15-18H2,1-2H3,(H,31,33)/t28-,30-;27-,29-;24-,27-;26-,28-/m0000/s1. The van der Waals surface area contributed by atoms with E-state index in [0.29, 0.717) is 68.7 Å². The normalized spacial score (nSPS) is 20.3. The van der Waals surface area contributed by atoms with Crippen molar-refractivity contribution >= 4 is 81.4 Å². The summed E-state index contributed by atoms with van der Waals surface area (Å²) < 4.78 is 20.3. The number of nitrogens with zero attached hydrogens (tertiary/aromatic N) is 6. The smallest absolute Gasteiger partial charge is 0.257 e. The number of aryl methyl sites for hydroxylation is 3. The summed E-state index contributed by atoms with van der Waals surface area (Å²) in [5, 5.41) is 12.7. The molecule has 0 spiro atoms. The predicted molar refractivity (Wildman–Crippen MR) is 581 cm³/mol. The lowest BCUT2D eigenvalue weighted by Crippen LogP contribution is -2.54. The third-order valence-electron chi connectivity index (χ3n) is 30.7. The number of ether oxygens (including phenoxy) is 1. The summed E-state index contributed by atoms with van der Waals surface area (Å²) in [6.45, 7) is 32.5. The lowest BCUT2D eigenvalue weighted by atomic mass is 9.79. The third-order valence-corrected chi connectivity index (χ3v) is 30.7. The maximum Gasteiger partial charge on any atom is 0.257 e. The number of nitrogens with one attached hydrogen (secondary N) is 4. The van der Waals surface area contributed by atoms with Crippen LogP contribution in [0.1, 0.15) is 286 Å². The van der Waals surface area contributed by atoms with Crippen molar-refractivity contribution in [1.82, 2.24) is 19.6 Å². The number of carbonyl (C=O) groups is 8. The van der Waals surface area contributed by atoms with E-state index in [0.717, 1.165) is 163 Å². The lowest BCUT2D eigenvalue weighted by Gasteiger charge is -2.44. The van der Waals surface area contributed by atoms with Gasteiger partial charge in [0.25, 0.3) is 23.6 Å². The molecule has 8 amide bonds. The van der Waals surface area contributed by atoms with Crippen molar-refractivity contribution in [2.45, 2.75) is 232 Å². The third kappa shape index (κ3) is 25.4. The van der Waals surface area contributed by atoms with Crippen LogP contribution in [0.25, 0.3) is 0 Å². The maximum atomic E-state index is 14.7. The predicted octanol–water partition coefficient (Wildman–Crippen LogP) is 25.8. The zero-order valence-corrected chi connectivity index (χ0v) is 86.9. The maximum absolute atomic E-state index is 14.7. The highest BCUT2D eigenvalue weighted by atomic mass is 19.1. The number of piperidine rings is 4. The first-order valence-electron chi connectivity index (χ1n) is 53.0. The van der Waals surface area contributed by atoms with Gasteiger partial charge in [-0.3, -0.25) is 38.4 Å². The molecule has 758 valence electrons. The van der Waals surface area contributed by atoms with Crippen molar-refractivity contribution in [3.63, 3.8) is 0 Å². The Balaban J connectivity index is 0.000000139. The van der Waals surface area contributed by atoms with Crippen LogP contribution in [0, 0.1) is 56.2 Å². The second-order valence-electron chi connectivity index (χ2n) is 44.0. The van der Waals surface area contributed by atoms with Crippen molar-refractivity contribution in [3.05, 3.63) is 357 Å². The largest absolute Gasteiger partial charge is 0.378 e. The molecule has 0 radical (unpaired) electrons. The molecule has 0 bridgehead atoms. The van der Waals surface area contributed by atoms with Crippen molar-refractivity contribution in [2.24, 2.45) is 29.6 Å². The molecule has 2 aliphatic carbocycles. The van der Waals surface area contributed by atoms with Gasteiger partial charge in [0.1, 0.15) is 5.82 Å². The van der Waals surface area contributed by atoms with E-state index in [1.807, 2.05) is 230 Å². The topological polar surface area (TPSA) is 213 Å². The van der Waals surface area contributed by atoms with Crippen LogP contribution in [-0.2, 0) is 40.2 Å². The number of likely N-dealkylation sites (tertiary alicyclic amines) is 4. The summed E-state index contributed by atoms with van der Waals surface area (Å²) in [4.78, 5) is 123. The van der Waals surface area contributed by atoms with Crippen molar-refractivity contribution in [3.8, 4) is 0 Å². The molecule has 2 saturated carbocycles. The molecule has 19 rings (SSSR count). The number of rotatable bonds is 19. The van der Waals surface area contributed by atoms with Gasteiger partial charge in [-0.15, -0.1) is 0 Å². The summed E-state index contributed by atoms with van der Waals surface area (Å²) in [7, 11) is 0. The number of hydrogen-bond donors (Lipinski definition) is 4. The highest BCUT2D eigenvalue weighted by molar-refractivity contribution is 6.04. The van der Waals surface area contributed by atoms with E-state index in [1.54, 1.807) is 24.0 Å². The summed E-state index contributed by atoms with van der Waals surface area (Å²) in [5.41, 5.74) is 17.7. The van der Waals surface area contributed by atoms with Crippen LogP contribution in [0.3, 0.4) is 0 Å². The quantitative estimate of drug-likeness (QED) is 0.0598. The van der Waals surface area contributed by atoms with Crippen LogP contribution < -0.4 is 31.1 Å².